The quantitative estimate of drug-likeness (QED) is 0.554. The predicted molar refractivity (Wildman–Crippen MR) is 135 cm³/mol. The molecule has 0 unspecified atom stereocenters. The molecule has 8 nitrogen and oxygen atoms in total. The first-order chi connectivity index (χ1) is 15.8. The van der Waals surface area contributed by atoms with Gasteiger partial charge in [0, 0.05) is 20.1 Å². The van der Waals surface area contributed by atoms with E-state index in [2.05, 4.69) is 34.8 Å². The summed E-state index contributed by atoms with van der Waals surface area (Å²) >= 11 is 5.59. The highest BCUT2D eigenvalue weighted by molar-refractivity contribution is 7.80. The number of hydrogen-bond donors (Lipinski definition) is 2. The van der Waals surface area contributed by atoms with Gasteiger partial charge in [0.05, 0.1) is 35.5 Å². The van der Waals surface area contributed by atoms with Crippen molar-refractivity contribution in [1.29, 1.82) is 0 Å². The van der Waals surface area contributed by atoms with E-state index in [0.29, 0.717) is 23.0 Å². The van der Waals surface area contributed by atoms with Crippen molar-refractivity contribution >= 4 is 34.6 Å². The van der Waals surface area contributed by atoms with Gasteiger partial charge in [-0.2, -0.15) is 10.2 Å². The molecule has 3 heterocycles. The fraction of sp³-hybridized carbons (Fsp3) is 0.417. The molecule has 0 atom stereocenters. The summed E-state index contributed by atoms with van der Waals surface area (Å²) in [5.74, 6) is -0.0154. The summed E-state index contributed by atoms with van der Waals surface area (Å²) in [6.45, 7) is 8.35. The first-order valence-electron chi connectivity index (χ1n) is 11.3. The topological polar surface area (TPSA) is 80.0 Å². The highest BCUT2D eigenvalue weighted by Gasteiger charge is 2.25. The van der Waals surface area contributed by atoms with E-state index in [4.69, 9.17) is 17.3 Å². The van der Waals surface area contributed by atoms with Crippen LogP contribution in [0.3, 0.4) is 0 Å². The zero-order chi connectivity index (χ0) is 23.5. The number of hydrogen-bond acceptors (Lipinski definition) is 4. The van der Waals surface area contributed by atoms with Gasteiger partial charge in [-0.05, 0) is 63.4 Å². The van der Waals surface area contributed by atoms with Crippen LogP contribution in [-0.4, -0.2) is 48.6 Å². The molecule has 1 aliphatic heterocycles. The molecule has 0 spiro atoms. The molecule has 1 fully saturated rings. The maximum atomic E-state index is 13.1. The second-order valence-electron chi connectivity index (χ2n) is 8.59. The molecule has 3 aromatic rings. The van der Waals surface area contributed by atoms with E-state index in [9.17, 15) is 4.79 Å². The maximum absolute atomic E-state index is 13.1. The summed E-state index contributed by atoms with van der Waals surface area (Å²) in [5.41, 5.74) is 6.31. The number of rotatable bonds is 5. The molecule has 33 heavy (non-hydrogen) atoms. The lowest BCUT2D eigenvalue weighted by Gasteiger charge is -2.27. The van der Waals surface area contributed by atoms with Crippen molar-refractivity contribution in [3.05, 3.63) is 58.7 Å². The van der Waals surface area contributed by atoms with Crippen molar-refractivity contribution in [1.82, 2.24) is 24.5 Å². The number of benzene rings is 1. The Bertz CT molecular complexity index is 1170. The Hall–Kier alpha value is -3.20. The minimum Gasteiger partial charge on any atom is -0.337 e. The third-order valence-corrected chi connectivity index (χ3v) is 6.44. The third-order valence-electron chi connectivity index (χ3n) is 6.23. The summed E-state index contributed by atoms with van der Waals surface area (Å²) in [4.78, 5) is 15.0. The molecule has 0 radical (unpaired) electrons. The Balaban J connectivity index is 1.48. The summed E-state index contributed by atoms with van der Waals surface area (Å²) in [5, 5.41) is 15.8. The number of aryl methyl sites for hydroxylation is 3. The van der Waals surface area contributed by atoms with Crippen molar-refractivity contribution in [2.24, 2.45) is 7.05 Å². The number of nitrogens with one attached hydrogen (secondary N) is 2. The SMILES string of the molecule is Cc1ccccc1Cn1nc(C)c(NC(=S)Nc2cnn(C)c2C(=O)N2CCCCC2)c1C. The third kappa shape index (κ3) is 4.93. The summed E-state index contributed by atoms with van der Waals surface area (Å²) in [6.07, 6.45) is 4.89. The largest absolute Gasteiger partial charge is 0.337 e. The van der Waals surface area contributed by atoms with Crippen molar-refractivity contribution in [2.75, 3.05) is 23.7 Å². The lowest BCUT2D eigenvalue weighted by molar-refractivity contribution is 0.0714. The lowest BCUT2D eigenvalue weighted by Crippen LogP contribution is -2.37. The Kier molecular flexibility index (Phi) is 6.78. The Morgan fingerprint density at radius 1 is 1.09 bits per heavy atom. The monoisotopic (exact) mass is 465 g/mol. The van der Waals surface area contributed by atoms with Gasteiger partial charge in [-0.1, -0.05) is 24.3 Å². The van der Waals surface area contributed by atoms with E-state index in [1.54, 1.807) is 17.9 Å². The average Bonchev–Trinajstić information content (AvgIpc) is 3.29. The van der Waals surface area contributed by atoms with Crippen LogP contribution >= 0.6 is 12.2 Å². The van der Waals surface area contributed by atoms with Crippen molar-refractivity contribution in [2.45, 2.75) is 46.6 Å². The standard InChI is InChI=1S/C24H31N7OS/c1-16-10-6-7-11-19(16)15-31-18(3)21(17(2)28-31)27-24(33)26-20-14-25-29(4)22(20)23(32)30-12-8-5-9-13-30/h6-7,10-11,14H,5,8-9,12-13,15H2,1-4H3,(H2,26,27,33). The number of thiocarbonyl (C=S) groups is 1. The number of likely N-dealkylation sites (tertiary alicyclic amines) is 1. The van der Waals surface area contributed by atoms with Crippen LogP contribution in [0.5, 0.6) is 0 Å². The van der Waals surface area contributed by atoms with Gasteiger partial charge >= 0.3 is 0 Å². The smallest absolute Gasteiger partial charge is 0.274 e. The average molecular weight is 466 g/mol. The van der Waals surface area contributed by atoms with Gasteiger partial charge in [0.1, 0.15) is 5.69 Å². The molecular weight excluding hydrogens is 434 g/mol. The number of carbonyl (C=O) groups is 1. The number of anilines is 2. The van der Waals surface area contributed by atoms with Crippen LogP contribution in [0.15, 0.2) is 30.5 Å². The highest BCUT2D eigenvalue weighted by atomic mass is 32.1. The first-order valence-corrected chi connectivity index (χ1v) is 11.7. The van der Waals surface area contributed by atoms with Gasteiger partial charge in [-0.15, -0.1) is 0 Å². The number of amides is 1. The second-order valence-corrected chi connectivity index (χ2v) is 9.00. The van der Waals surface area contributed by atoms with Crippen molar-refractivity contribution in [3.8, 4) is 0 Å². The van der Waals surface area contributed by atoms with Crippen LogP contribution in [0, 0.1) is 20.8 Å². The number of nitrogens with zero attached hydrogens (tertiary/aromatic N) is 5. The van der Waals surface area contributed by atoms with Crippen LogP contribution in [0.1, 0.15) is 52.3 Å². The Labute approximate surface area is 200 Å². The van der Waals surface area contributed by atoms with E-state index < -0.39 is 0 Å². The lowest BCUT2D eigenvalue weighted by atomic mass is 10.1. The normalized spacial score (nSPS) is 13.8. The summed E-state index contributed by atoms with van der Waals surface area (Å²) in [7, 11) is 1.78. The Morgan fingerprint density at radius 3 is 2.55 bits per heavy atom. The number of aromatic nitrogens is 4. The van der Waals surface area contributed by atoms with Crippen LogP contribution in [0.4, 0.5) is 11.4 Å². The minimum atomic E-state index is -0.0154. The van der Waals surface area contributed by atoms with Crippen LogP contribution < -0.4 is 10.6 Å². The van der Waals surface area contributed by atoms with Gasteiger partial charge in [-0.3, -0.25) is 14.2 Å². The van der Waals surface area contributed by atoms with Gasteiger partial charge < -0.3 is 15.5 Å². The molecular formula is C24H31N7OS. The van der Waals surface area contributed by atoms with Crippen molar-refractivity contribution in [3.63, 3.8) is 0 Å². The van der Waals surface area contributed by atoms with Crippen LogP contribution in [0.25, 0.3) is 0 Å². The predicted octanol–water partition coefficient (Wildman–Crippen LogP) is 4.03. The molecule has 9 heteroatoms. The molecule has 1 aliphatic rings. The van der Waals surface area contributed by atoms with E-state index in [-0.39, 0.29) is 5.91 Å². The van der Waals surface area contributed by atoms with Gasteiger partial charge in [0.2, 0.25) is 0 Å². The zero-order valence-electron chi connectivity index (χ0n) is 19.7. The van der Waals surface area contributed by atoms with Gasteiger partial charge in [0.15, 0.2) is 5.11 Å². The molecule has 0 aliphatic carbocycles. The zero-order valence-corrected chi connectivity index (χ0v) is 20.5. The molecule has 1 aromatic carbocycles. The van der Waals surface area contributed by atoms with Gasteiger partial charge in [-0.25, -0.2) is 0 Å². The van der Waals surface area contributed by atoms with E-state index in [1.807, 2.05) is 35.6 Å². The fourth-order valence-corrected chi connectivity index (χ4v) is 4.49. The molecule has 2 aromatic heterocycles. The maximum Gasteiger partial charge on any atom is 0.274 e. The molecule has 1 amide bonds. The molecule has 2 N–H and O–H groups in total. The summed E-state index contributed by atoms with van der Waals surface area (Å²) < 4.78 is 3.59. The molecule has 1 saturated heterocycles. The fourth-order valence-electron chi connectivity index (χ4n) is 4.28. The minimum absolute atomic E-state index is 0.0154. The Morgan fingerprint density at radius 2 is 1.82 bits per heavy atom. The first kappa shape index (κ1) is 23.0. The number of carbonyl (C=O) groups excluding carboxylic acids is 1. The summed E-state index contributed by atoms with van der Waals surface area (Å²) in [6, 6.07) is 8.31. The van der Waals surface area contributed by atoms with E-state index in [1.165, 1.54) is 17.5 Å². The van der Waals surface area contributed by atoms with Crippen LogP contribution in [0.2, 0.25) is 0 Å². The molecule has 0 saturated carbocycles. The second kappa shape index (κ2) is 9.74. The van der Waals surface area contributed by atoms with Gasteiger partial charge in [0.25, 0.3) is 5.91 Å². The molecule has 0 bridgehead atoms. The highest BCUT2D eigenvalue weighted by Crippen LogP contribution is 2.23. The van der Waals surface area contributed by atoms with Crippen molar-refractivity contribution < 1.29 is 4.79 Å². The van der Waals surface area contributed by atoms with E-state index in [0.717, 1.165) is 43.0 Å². The molecule has 4 rings (SSSR count). The van der Waals surface area contributed by atoms with E-state index >= 15 is 0 Å². The molecule has 174 valence electrons. The van der Waals surface area contributed by atoms with Crippen LogP contribution in [-0.2, 0) is 13.6 Å². The number of piperidine rings is 1.